The van der Waals surface area contributed by atoms with Crippen LogP contribution in [0.1, 0.15) is 57.8 Å². The molecule has 0 spiro atoms. The number of nitrogens with zero attached hydrogens (tertiary/aromatic N) is 3. The largest absolute Gasteiger partial charge is 1.00 e. The zero-order valence-corrected chi connectivity index (χ0v) is 24.7. The number of aryl methyl sites for hydroxylation is 1. The number of aromatic nitrogens is 4. The number of phenols is 1. The van der Waals surface area contributed by atoms with E-state index in [0.717, 1.165) is 59.0 Å². The van der Waals surface area contributed by atoms with Gasteiger partial charge in [-0.2, -0.15) is 5.21 Å². The van der Waals surface area contributed by atoms with Gasteiger partial charge in [-0.15, -0.1) is 10.2 Å². The van der Waals surface area contributed by atoms with E-state index in [0.29, 0.717) is 6.61 Å². The second-order valence-electron chi connectivity index (χ2n) is 7.97. The molecule has 0 unspecified atom stereocenters. The van der Waals surface area contributed by atoms with Crippen molar-refractivity contribution in [2.45, 2.75) is 68.1 Å². The van der Waals surface area contributed by atoms with Crippen LogP contribution in [0.2, 0.25) is 0 Å². The molecular weight excluding hydrogens is 442 g/mol. The van der Waals surface area contributed by atoms with Gasteiger partial charge >= 0.3 is 59.1 Å². The third-order valence-corrected chi connectivity index (χ3v) is 6.20. The van der Waals surface area contributed by atoms with Crippen molar-refractivity contribution in [3.8, 4) is 11.5 Å². The van der Waals surface area contributed by atoms with Crippen molar-refractivity contribution in [2.24, 2.45) is 0 Å². The molecule has 0 saturated heterocycles. The van der Waals surface area contributed by atoms with Crippen LogP contribution in [0.4, 0.5) is 0 Å². The van der Waals surface area contributed by atoms with Crippen molar-refractivity contribution in [3.63, 3.8) is 0 Å². The van der Waals surface area contributed by atoms with Gasteiger partial charge in [0.15, 0.2) is 5.82 Å². The van der Waals surface area contributed by atoms with E-state index in [1.54, 1.807) is 17.8 Å². The molecule has 1 heterocycles. The van der Waals surface area contributed by atoms with Crippen LogP contribution in [0.15, 0.2) is 52.3 Å². The van der Waals surface area contributed by atoms with Crippen molar-refractivity contribution in [1.82, 2.24) is 20.6 Å². The van der Waals surface area contributed by atoms with Gasteiger partial charge in [-0.25, -0.2) is 0 Å². The van der Waals surface area contributed by atoms with Crippen LogP contribution >= 0.6 is 11.8 Å². The molecule has 160 valence electrons. The third-order valence-electron chi connectivity index (χ3n) is 5.15. The van der Waals surface area contributed by atoms with Crippen molar-refractivity contribution in [2.75, 3.05) is 6.61 Å². The number of hydrogen-bond donors (Lipinski definition) is 2. The van der Waals surface area contributed by atoms with Crippen LogP contribution < -0.4 is 63.9 Å². The van der Waals surface area contributed by atoms with E-state index in [4.69, 9.17) is 4.74 Å². The Labute approximate surface area is 239 Å². The number of hydrogen-bond acceptors (Lipinski definition) is 6. The maximum atomic E-state index is 10.5. The molecule has 2 N–H and O–H groups in total. The average molecular weight is 473 g/mol. The Balaban J connectivity index is 0.00000256. The van der Waals surface area contributed by atoms with E-state index in [1.165, 1.54) is 0 Å². The summed E-state index contributed by atoms with van der Waals surface area (Å²) in [5.74, 6) is 1.80. The minimum Gasteiger partial charge on any atom is -0.507 e. The monoisotopic (exact) mass is 472 g/mol. The summed E-state index contributed by atoms with van der Waals surface area (Å²) >= 11 is 1.57. The van der Waals surface area contributed by atoms with Gasteiger partial charge in [-0.05, 0) is 43.0 Å². The molecule has 9 heteroatoms. The zero-order chi connectivity index (χ0) is 21.4. The Morgan fingerprint density at radius 2 is 1.81 bits per heavy atom. The summed E-state index contributed by atoms with van der Waals surface area (Å²) in [6, 6.07) is 13.9. The van der Waals surface area contributed by atoms with Crippen molar-refractivity contribution < 1.29 is 69.0 Å². The quantitative estimate of drug-likeness (QED) is 0.290. The van der Waals surface area contributed by atoms with Crippen LogP contribution in [0.3, 0.4) is 0 Å². The van der Waals surface area contributed by atoms with Crippen molar-refractivity contribution in [1.29, 1.82) is 0 Å². The molecule has 0 saturated carbocycles. The zero-order valence-electron chi connectivity index (χ0n) is 19.9. The van der Waals surface area contributed by atoms with Gasteiger partial charge in [0.05, 0.1) is 11.5 Å². The summed E-state index contributed by atoms with van der Waals surface area (Å²) in [7, 11) is 0. The molecule has 0 fully saturated rings. The van der Waals surface area contributed by atoms with Gasteiger partial charge in [0.2, 0.25) is 0 Å². The fourth-order valence-corrected chi connectivity index (χ4v) is 4.20. The molecule has 0 aliphatic heterocycles. The van der Waals surface area contributed by atoms with Crippen molar-refractivity contribution >= 4 is 11.8 Å². The Kier molecular flexibility index (Phi) is 13.5. The minimum atomic E-state index is -0.0821. The standard InChI is InChI=1S/C23H30N4O2S.2Na/c1-4-17-15-21(30-18-11-7-5-8-12-18)19(28)16-20(17)29-14-10-6-9-13-23(2,3)22-24-26-27-25-22;;/h5,7-8,11-12,15-16,28H,4,6,9-10,13-14H2,1-3H3,(H,24,25,26,27);;/q;2*+1. The molecule has 0 atom stereocenters. The van der Waals surface area contributed by atoms with E-state index >= 15 is 0 Å². The summed E-state index contributed by atoms with van der Waals surface area (Å²) in [5, 5.41) is 24.9. The first kappa shape index (κ1) is 29.5. The number of unbranched alkanes of at least 4 members (excludes halogenated alkanes) is 2. The number of nitrogens with one attached hydrogen (secondary N) is 1. The van der Waals surface area contributed by atoms with Crippen LogP contribution in [0.5, 0.6) is 11.5 Å². The molecule has 6 nitrogen and oxygen atoms in total. The number of aromatic amines is 1. The maximum absolute atomic E-state index is 10.5. The van der Waals surface area contributed by atoms with Crippen LogP contribution in [-0.4, -0.2) is 32.3 Å². The average Bonchev–Trinajstić information content (AvgIpc) is 3.29. The topological polar surface area (TPSA) is 83.9 Å². The van der Waals surface area contributed by atoms with Gasteiger partial charge in [-0.3, -0.25) is 0 Å². The predicted octanol–water partition coefficient (Wildman–Crippen LogP) is -0.456. The predicted molar refractivity (Wildman–Crippen MR) is 119 cm³/mol. The number of tetrazole rings is 1. The first-order valence-electron chi connectivity index (χ1n) is 10.4. The van der Waals surface area contributed by atoms with Gasteiger partial charge in [0.1, 0.15) is 11.5 Å². The molecule has 0 radical (unpaired) electrons. The molecule has 0 amide bonds. The fraction of sp³-hybridized carbons (Fsp3) is 0.435. The Hall–Kier alpha value is -0.540. The SMILES string of the molecule is CCc1cc(Sc2ccccc2)c(O)cc1OCCCCCC(C)(C)c1nn[nH]n1.[Na+].[Na+]. The summed E-state index contributed by atoms with van der Waals surface area (Å²) < 4.78 is 6.01. The molecule has 0 aliphatic carbocycles. The van der Waals surface area contributed by atoms with Gasteiger partial charge < -0.3 is 9.84 Å². The molecule has 1 aromatic heterocycles. The van der Waals surface area contributed by atoms with Gasteiger partial charge in [0, 0.05) is 16.4 Å². The number of ether oxygens (including phenoxy) is 1. The number of aromatic hydroxyl groups is 1. The van der Waals surface area contributed by atoms with E-state index in [9.17, 15) is 5.11 Å². The molecule has 0 aliphatic rings. The van der Waals surface area contributed by atoms with E-state index in [1.807, 2.05) is 36.4 Å². The summed E-state index contributed by atoms with van der Waals surface area (Å²) in [4.78, 5) is 1.96. The Morgan fingerprint density at radius 1 is 1.06 bits per heavy atom. The van der Waals surface area contributed by atoms with Gasteiger partial charge in [-0.1, -0.05) is 68.8 Å². The Morgan fingerprint density at radius 3 is 2.47 bits per heavy atom. The molecule has 0 bridgehead atoms. The Bertz CT molecular complexity index is 925. The number of rotatable bonds is 11. The second-order valence-corrected chi connectivity index (χ2v) is 9.09. The summed E-state index contributed by atoms with van der Waals surface area (Å²) in [6.45, 7) is 7.02. The smallest absolute Gasteiger partial charge is 0.507 e. The number of phenolic OH excluding ortho intramolecular Hbond substituents is 1. The van der Waals surface area contributed by atoms with Crippen LogP contribution in [0.25, 0.3) is 0 Å². The normalized spacial score (nSPS) is 10.8. The molecule has 32 heavy (non-hydrogen) atoms. The fourth-order valence-electron chi connectivity index (χ4n) is 3.29. The van der Waals surface area contributed by atoms with E-state index < -0.39 is 0 Å². The maximum Gasteiger partial charge on any atom is 1.00 e. The van der Waals surface area contributed by atoms with E-state index in [-0.39, 0.29) is 70.3 Å². The molecule has 2 aromatic carbocycles. The third kappa shape index (κ3) is 8.67. The number of benzene rings is 2. The first-order chi connectivity index (χ1) is 14.5. The molecular formula is C23H30N4Na2O2S+2. The van der Waals surface area contributed by atoms with Crippen LogP contribution in [0, 0.1) is 0 Å². The van der Waals surface area contributed by atoms with E-state index in [2.05, 4.69) is 41.4 Å². The first-order valence-corrected chi connectivity index (χ1v) is 11.3. The minimum absolute atomic E-state index is 0. The second kappa shape index (κ2) is 14.7. The van der Waals surface area contributed by atoms with Crippen molar-refractivity contribution in [3.05, 3.63) is 53.9 Å². The van der Waals surface area contributed by atoms with Gasteiger partial charge in [0.25, 0.3) is 0 Å². The number of H-pyrrole nitrogens is 1. The molecule has 3 aromatic rings. The summed E-state index contributed by atoms with van der Waals surface area (Å²) in [6.07, 6.45) is 4.96. The summed E-state index contributed by atoms with van der Waals surface area (Å²) in [5.41, 5.74) is 1.03. The molecule has 3 rings (SSSR count). The van der Waals surface area contributed by atoms with Crippen LogP contribution in [-0.2, 0) is 11.8 Å².